The molecular formula is C35H27N. The Labute approximate surface area is 213 Å². The molecule has 0 spiro atoms. The summed E-state index contributed by atoms with van der Waals surface area (Å²) in [4.78, 5) is 2.29. The molecule has 36 heavy (non-hydrogen) atoms. The Bertz CT molecular complexity index is 1420. The Morgan fingerprint density at radius 2 is 0.889 bits per heavy atom. The summed E-state index contributed by atoms with van der Waals surface area (Å²) < 4.78 is 0. The van der Waals surface area contributed by atoms with Gasteiger partial charge in [-0.15, -0.1) is 0 Å². The van der Waals surface area contributed by atoms with Gasteiger partial charge in [0.25, 0.3) is 0 Å². The molecule has 0 unspecified atom stereocenters. The molecule has 0 heterocycles. The van der Waals surface area contributed by atoms with Crippen LogP contribution in [0.3, 0.4) is 0 Å². The summed E-state index contributed by atoms with van der Waals surface area (Å²) in [5.74, 6) is 0.206. The molecule has 1 heteroatoms. The van der Waals surface area contributed by atoms with E-state index < -0.39 is 0 Å². The number of rotatable bonds is 5. The first-order valence-electron chi connectivity index (χ1n) is 12.4. The molecular weight excluding hydrogens is 434 g/mol. The lowest BCUT2D eigenvalue weighted by atomic mass is 9.87. The SMILES string of the molecule is C(=CC1c2ccccc2C=Cc2ccccc21)c1ccc(N(c2ccccc2)c2ccccc2)cc1. The fourth-order valence-electron chi connectivity index (χ4n) is 4.99. The van der Waals surface area contributed by atoms with Gasteiger partial charge >= 0.3 is 0 Å². The van der Waals surface area contributed by atoms with Gasteiger partial charge in [0.2, 0.25) is 0 Å². The Morgan fingerprint density at radius 1 is 0.444 bits per heavy atom. The quantitative estimate of drug-likeness (QED) is 0.252. The lowest BCUT2D eigenvalue weighted by Gasteiger charge is -2.25. The van der Waals surface area contributed by atoms with E-state index in [1.54, 1.807) is 0 Å². The summed E-state index contributed by atoms with van der Waals surface area (Å²) in [7, 11) is 0. The highest BCUT2D eigenvalue weighted by molar-refractivity contribution is 5.79. The lowest BCUT2D eigenvalue weighted by Crippen LogP contribution is -2.09. The Hall–Kier alpha value is -4.62. The number of allylic oxidation sites excluding steroid dienone is 1. The van der Waals surface area contributed by atoms with E-state index in [4.69, 9.17) is 0 Å². The van der Waals surface area contributed by atoms with Crippen LogP contribution in [0.25, 0.3) is 18.2 Å². The fraction of sp³-hybridized carbons (Fsp3) is 0.0286. The van der Waals surface area contributed by atoms with Crippen LogP contribution in [0, 0.1) is 0 Å². The van der Waals surface area contributed by atoms with Crippen molar-refractivity contribution in [3.05, 3.63) is 167 Å². The van der Waals surface area contributed by atoms with Crippen molar-refractivity contribution in [3.63, 3.8) is 0 Å². The molecule has 0 radical (unpaired) electrons. The monoisotopic (exact) mass is 461 g/mol. The average molecular weight is 462 g/mol. The molecule has 0 aliphatic heterocycles. The number of hydrogen-bond donors (Lipinski definition) is 0. The van der Waals surface area contributed by atoms with Crippen LogP contribution >= 0.6 is 0 Å². The van der Waals surface area contributed by atoms with Crippen molar-refractivity contribution >= 4 is 35.3 Å². The number of para-hydroxylation sites is 2. The second-order valence-electron chi connectivity index (χ2n) is 9.03. The van der Waals surface area contributed by atoms with E-state index >= 15 is 0 Å². The summed E-state index contributed by atoms with van der Waals surface area (Å²) >= 11 is 0. The topological polar surface area (TPSA) is 3.24 Å². The minimum atomic E-state index is 0.206. The van der Waals surface area contributed by atoms with Gasteiger partial charge in [0.1, 0.15) is 0 Å². The van der Waals surface area contributed by atoms with Gasteiger partial charge in [0.15, 0.2) is 0 Å². The number of benzene rings is 5. The van der Waals surface area contributed by atoms with Gasteiger partial charge < -0.3 is 4.90 Å². The second kappa shape index (κ2) is 9.93. The Kier molecular flexibility index (Phi) is 6.04. The molecule has 0 saturated carbocycles. The lowest BCUT2D eigenvalue weighted by molar-refractivity contribution is 1.03. The summed E-state index contributed by atoms with van der Waals surface area (Å²) in [5, 5.41) is 0. The molecule has 6 rings (SSSR count). The molecule has 0 N–H and O–H groups in total. The fourth-order valence-corrected chi connectivity index (χ4v) is 4.99. The Balaban J connectivity index is 1.34. The molecule has 1 aliphatic rings. The maximum Gasteiger partial charge on any atom is 0.0462 e. The van der Waals surface area contributed by atoms with Crippen LogP contribution in [0.2, 0.25) is 0 Å². The summed E-state index contributed by atoms with van der Waals surface area (Å²) in [6.07, 6.45) is 9.06. The van der Waals surface area contributed by atoms with Crippen molar-refractivity contribution in [2.24, 2.45) is 0 Å². The largest absolute Gasteiger partial charge is 0.311 e. The van der Waals surface area contributed by atoms with Crippen LogP contribution in [0.1, 0.15) is 33.7 Å². The first kappa shape index (κ1) is 21.9. The van der Waals surface area contributed by atoms with Gasteiger partial charge in [0.05, 0.1) is 0 Å². The van der Waals surface area contributed by atoms with E-state index in [1.807, 2.05) is 0 Å². The molecule has 0 fully saturated rings. The maximum absolute atomic E-state index is 2.34. The van der Waals surface area contributed by atoms with Crippen LogP contribution in [0.4, 0.5) is 17.1 Å². The minimum absolute atomic E-state index is 0.206. The standard InChI is InChI=1S/C35H27N/c1-3-13-30(14-4-1)36(31-15-5-2-6-16-31)32-24-19-27(20-25-32)21-26-35-33-17-9-7-11-28(33)22-23-29-12-8-10-18-34(29)35/h1-26,35H. The van der Waals surface area contributed by atoms with E-state index in [-0.39, 0.29) is 5.92 Å². The van der Waals surface area contributed by atoms with Crippen LogP contribution in [-0.4, -0.2) is 0 Å². The zero-order chi connectivity index (χ0) is 24.2. The van der Waals surface area contributed by atoms with Crippen molar-refractivity contribution in [3.8, 4) is 0 Å². The summed E-state index contributed by atoms with van der Waals surface area (Å²) in [5.41, 5.74) is 9.85. The molecule has 5 aromatic carbocycles. The zero-order valence-corrected chi connectivity index (χ0v) is 20.0. The van der Waals surface area contributed by atoms with Crippen molar-refractivity contribution in [1.29, 1.82) is 0 Å². The third-order valence-corrected chi connectivity index (χ3v) is 6.77. The molecule has 172 valence electrons. The van der Waals surface area contributed by atoms with Crippen molar-refractivity contribution in [2.75, 3.05) is 4.90 Å². The molecule has 1 aliphatic carbocycles. The summed E-state index contributed by atoms with van der Waals surface area (Å²) in [6, 6.07) is 47.3. The molecule has 0 saturated heterocycles. The Morgan fingerprint density at radius 3 is 1.42 bits per heavy atom. The highest BCUT2D eigenvalue weighted by Crippen LogP contribution is 2.37. The number of anilines is 3. The first-order valence-corrected chi connectivity index (χ1v) is 12.4. The van der Waals surface area contributed by atoms with E-state index in [0.29, 0.717) is 0 Å². The number of hydrogen-bond acceptors (Lipinski definition) is 1. The molecule has 0 amide bonds. The molecule has 0 bridgehead atoms. The van der Waals surface area contributed by atoms with Crippen LogP contribution < -0.4 is 4.90 Å². The van der Waals surface area contributed by atoms with Crippen LogP contribution in [0.5, 0.6) is 0 Å². The van der Waals surface area contributed by atoms with Gasteiger partial charge in [-0.1, -0.05) is 121 Å². The molecule has 1 nitrogen and oxygen atoms in total. The highest BCUT2D eigenvalue weighted by atomic mass is 15.1. The molecule has 5 aromatic rings. The third kappa shape index (κ3) is 4.39. The normalized spacial score (nSPS) is 12.7. The van der Waals surface area contributed by atoms with Crippen molar-refractivity contribution in [1.82, 2.24) is 0 Å². The second-order valence-corrected chi connectivity index (χ2v) is 9.03. The predicted octanol–water partition coefficient (Wildman–Crippen LogP) is 9.49. The minimum Gasteiger partial charge on any atom is -0.311 e. The predicted molar refractivity (Wildman–Crippen MR) is 154 cm³/mol. The number of fused-ring (bicyclic) bond motifs is 2. The van der Waals surface area contributed by atoms with E-state index in [0.717, 1.165) is 17.1 Å². The van der Waals surface area contributed by atoms with Crippen molar-refractivity contribution in [2.45, 2.75) is 5.92 Å². The molecule has 0 atom stereocenters. The van der Waals surface area contributed by atoms with E-state index in [1.165, 1.54) is 27.8 Å². The van der Waals surface area contributed by atoms with Crippen LogP contribution in [-0.2, 0) is 0 Å². The van der Waals surface area contributed by atoms with Gasteiger partial charge in [-0.25, -0.2) is 0 Å². The average Bonchev–Trinajstić information content (AvgIpc) is 3.11. The molecule has 0 aromatic heterocycles. The van der Waals surface area contributed by atoms with E-state index in [9.17, 15) is 0 Å². The van der Waals surface area contributed by atoms with E-state index in [2.05, 4.69) is 163 Å². The third-order valence-electron chi connectivity index (χ3n) is 6.77. The van der Waals surface area contributed by atoms with Gasteiger partial charge in [0, 0.05) is 23.0 Å². The summed E-state index contributed by atoms with van der Waals surface area (Å²) in [6.45, 7) is 0. The first-order chi connectivity index (χ1) is 17.9. The van der Waals surface area contributed by atoms with Gasteiger partial charge in [-0.05, 0) is 64.2 Å². The smallest absolute Gasteiger partial charge is 0.0462 e. The number of nitrogens with zero attached hydrogens (tertiary/aromatic N) is 1. The van der Waals surface area contributed by atoms with Crippen LogP contribution in [0.15, 0.2) is 140 Å². The van der Waals surface area contributed by atoms with Gasteiger partial charge in [-0.3, -0.25) is 0 Å². The highest BCUT2D eigenvalue weighted by Gasteiger charge is 2.18. The van der Waals surface area contributed by atoms with Crippen molar-refractivity contribution < 1.29 is 0 Å². The maximum atomic E-state index is 2.34. The van der Waals surface area contributed by atoms with Gasteiger partial charge in [-0.2, -0.15) is 0 Å². The zero-order valence-electron chi connectivity index (χ0n) is 20.0.